The molecule has 0 aliphatic carbocycles. The van der Waals surface area contributed by atoms with Gasteiger partial charge in [0.25, 0.3) is 0 Å². The Morgan fingerprint density at radius 2 is 1.83 bits per heavy atom. The first-order valence-corrected chi connectivity index (χ1v) is 6.22. The summed E-state index contributed by atoms with van der Waals surface area (Å²) in [5.41, 5.74) is 0. The van der Waals surface area contributed by atoms with E-state index < -0.39 is 24.6 Å². The molecule has 0 rings (SSSR count). The molecule has 0 N–H and O–H groups in total. The van der Waals surface area contributed by atoms with Crippen LogP contribution < -0.4 is 0 Å². The molecule has 0 aromatic rings. The van der Waals surface area contributed by atoms with E-state index in [1.54, 1.807) is 0 Å². The van der Waals surface area contributed by atoms with Gasteiger partial charge in [-0.3, -0.25) is 0 Å². The Morgan fingerprint density at radius 3 is 1.83 bits per heavy atom. The van der Waals surface area contributed by atoms with Gasteiger partial charge in [-0.15, -0.1) is 0 Å². The Kier molecular flexibility index (Phi) is 28.0. The van der Waals surface area contributed by atoms with Crippen molar-refractivity contribution in [1.82, 2.24) is 0 Å². The van der Waals surface area contributed by atoms with Crippen molar-refractivity contribution in [2.75, 3.05) is 0 Å². The Bertz CT molecular complexity index is 32.7. The maximum absolute atomic E-state index is 10.5. The molecule has 0 amide bonds. The molecule has 6 heteroatoms. The molecule has 0 aromatic carbocycles. The minimum absolute atomic E-state index is 0.0556. The van der Waals surface area contributed by atoms with E-state index in [1.165, 1.54) is 0 Å². The van der Waals surface area contributed by atoms with Crippen LogP contribution in [0.15, 0.2) is 0 Å². The minimum atomic E-state index is -2.11. The van der Waals surface area contributed by atoms with Crippen LogP contribution in [0.25, 0.3) is 0 Å². The summed E-state index contributed by atoms with van der Waals surface area (Å²) in [6, 6.07) is 0. The normalized spacial score (nSPS) is 4.17. The summed E-state index contributed by atoms with van der Waals surface area (Å²) in [7, 11) is 0. The number of rotatable bonds is 1. The molecule has 0 saturated heterocycles. The second-order valence-corrected chi connectivity index (χ2v) is 1.99. The average Bonchev–Trinajstić information content (AvgIpc) is 1.72. The second-order valence-electron chi connectivity index (χ2n) is 0.227. The van der Waals surface area contributed by atoms with Crippen LogP contribution in [-0.4, -0.2) is 54.9 Å². The van der Waals surface area contributed by atoms with Crippen molar-refractivity contribution in [3.8, 4) is 0 Å². The van der Waals surface area contributed by atoms with Gasteiger partial charge in [-0.25, -0.2) is 0 Å². The molecule has 0 aromatic heterocycles. The molecule has 0 bridgehead atoms. The van der Waals surface area contributed by atoms with E-state index in [0.29, 0.717) is 4.53 Å². The first kappa shape index (κ1) is 10.4. The standard InChI is InChI=1S/BO.FH.O.2Pb/c1-2;;;;/h;1H;;;/q+1;;;;/p-1. The summed E-state index contributed by atoms with van der Waals surface area (Å²) < 4.78 is 28.2. The molecule has 0 fully saturated rings. The van der Waals surface area contributed by atoms with Crippen LogP contribution in [0.5, 0.6) is 0 Å². The van der Waals surface area contributed by atoms with Gasteiger partial charge in [0.15, 0.2) is 0 Å². The third kappa shape index (κ3) is 18.0. The molecule has 0 atom stereocenters. The first-order valence-electron chi connectivity index (χ1n) is 0.917. The number of halogens is 1. The van der Waals surface area contributed by atoms with Crippen LogP contribution in [0.3, 0.4) is 0 Å². The summed E-state index contributed by atoms with van der Waals surface area (Å²) >= 11 is -2.06. The molecular formula is BFO2Pb2. The predicted octanol–water partition coefficient (Wildman–Crippen LogP) is -0.960. The SMILES string of the molecule is O=[B][Pb][F].[O]=[Pb]. The van der Waals surface area contributed by atoms with Gasteiger partial charge < -0.3 is 0 Å². The Hall–Kier alpha value is 1.44. The van der Waals surface area contributed by atoms with Crippen molar-refractivity contribution < 1.29 is 9.90 Å². The summed E-state index contributed by atoms with van der Waals surface area (Å²) in [4.78, 5) is 0. The van der Waals surface area contributed by atoms with Crippen molar-refractivity contribution in [1.29, 1.82) is 0 Å². The summed E-state index contributed by atoms with van der Waals surface area (Å²) in [5.74, 6) is 0. The van der Waals surface area contributed by atoms with E-state index in [2.05, 4.69) is 0 Å². The van der Waals surface area contributed by atoms with E-state index in [-0.39, 0.29) is 25.8 Å². The van der Waals surface area contributed by atoms with Gasteiger partial charge in [0.2, 0.25) is 0 Å². The first-order chi connectivity index (χ1) is 2.91. The van der Waals surface area contributed by atoms with Crippen LogP contribution in [0.1, 0.15) is 0 Å². The molecule has 0 heterocycles. The monoisotopic (exact) mass is 478 g/mol. The van der Waals surface area contributed by atoms with Crippen molar-refractivity contribution in [3.05, 3.63) is 0 Å². The molecule has 0 aliphatic heterocycles. The maximum atomic E-state index is 10.5. The zero-order chi connectivity index (χ0) is 5.41. The van der Waals surface area contributed by atoms with Gasteiger partial charge in [0, 0.05) is 0 Å². The van der Waals surface area contributed by atoms with Gasteiger partial charge in [-0.2, -0.15) is 0 Å². The van der Waals surface area contributed by atoms with Crippen LogP contribution in [0.4, 0.5) is 2.51 Å². The summed E-state index contributed by atoms with van der Waals surface area (Å²) in [5, 5.41) is 0. The van der Waals surface area contributed by atoms with Gasteiger partial charge >= 0.3 is 64.8 Å². The Labute approximate surface area is 64.1 Å². The third-order valence-corrected chi connectivity index (χ3v) is 0.391. The average molecular weight is 476 g/mol. The van der Waals surface area contributed by atoms with Crippen LogP contribution in [0.2, 0.25) is 0 Å². The topological polar surface area (TPSA) is 34.1 Å². The van der Waals surface area contributed by atoms with Gasteiger partial charge in [0.1, 0.15) is 0 Å². The quantitative estimate of drug-likeness (QED) is 0.458. The number of hydrogen-bond acceptors (Lipinski definition) is 2. The molecular weight excluding hydrogens is 476 g/mol. The molecule has 6 heavy (non-hydrogen) atoms. The molecule has 0 saturated carbocycles. The zero-order valence-corrected chi connectivity index (χ0v) is 10.5. The summed E-state index contributed by atoms with van der Waals surface area (Å²) in [6.07, 6.45) is 0. The molecule has 0 spiro atoms. The van der Waals surface area contributed by atoms with E-state index >= 15 is 0 Å². The second kappa shape index (κ2) is 16.1. The van der Waals surface area contributed by atoms with Crippen LogP contribution >= 0.6 is 0 Å². The van der Waals surface area contributed by atoms with Crippen molar-refractivity contribution in [2.45, 2.75) is 0 Å². The van der Waals surface area contributed by atoms with E-state index in [0.717, 1.165) is 0 Å². The van der Waals surface area contributed by atoms with Gasteiger partial charge in [-0.05, 0) is 0 Å². The van der Waals surface area contributed by atoms with E-state index in [4.69, 9.17) is 7.39 Å². The van der Waals surface area contributed by atoms with Gasteiger partial charge in [0.05, 0.1) is 0 Å². The zero-order valence-electron chi connectivity index (χ0n) is 2.77. The molecule has 0 unspecified atom stereocenters. The summed E-state index contributed by atoms with van der Waals surface area (Å²) in [6.45, 7) is 0. The fourth-order valence-corrected chi connectivity index (χ4v) is 0. The fourth-order valence-electron chi connectivity index (χ4n) is 0. The predicted molar refractivity (Wildman–Crippen MR) is 19.7 cm³/mol. The van der Waals surface area contributed by atoms with Crippen molar-refractivity contribution in [2.24, 2.45) is 0 Å². The third-order valence-electron chi connectivity index (χ3n) is 0.0445. The van der Waals surface area contributed by atoms with Gasteiger partial charge in [-0.1, -0.05) is 0 Å². The Morgan fingerprint density at radius 1 is 1.67 bits per heavy atom. The van der Waals surface area contributed by atoms with Crippen molar-refractivity contribution >= 4 is 54.9 Å². The number of hydrogen-bond donors (Lipinski definition) is 0. The van der Waals surface area contributed by atoms with E-state index in [9.17, 15) is 2.51 Å². The molecule has 30 valence electrons. The molecule has 2 nitrogen and oxygen atoms in total. The molecule has 4 radical (unpaired) electrons. The van der Waals surface area contributed by atoms with Crippen LogP contribution in [0, 0.1) is 0 Å². The van der Waals surface area contributed by atoms with Crippen molar-refractivity contribution in [3.63, 3.8) is 0 Å². The molecule has 0 aliphatic rings. The fraction of sp³-hybridized carbons (Fsp3) is 0. The van der Waals surface area contributed by atoms with E-state index in [1.807, 2.05) is 0 Å². The Balaban J connectivity index is 0. The van der Waals surface area contributed by atoms with Crippen LogP contribution in [-0.2, 0) is 7.39 Å².